The summed E-state index contributed by atoms with van der Waals surface area (Å²) in [7, 11) is 0. The predicted molar refractivity (Wildman–Crippen MR) is 98.1 cm³/mol. The first-order valence-corrected chi connectivity index (χ1v) is 9.22. The second kappa shape index (κ2) is 7.86. The fraction of sp³-hybridized carbons (Fsp3) is 0.350. The number of amides is 1. The lowest BCUT2D eigenvalue weighted by Gasteiger charge is -2.37. The number of hydrogen-bond acceptors (Lipinski definition) is 3. The Labute approximate surface area is 148 Å². The summed E-state index contributed by atoms with van der Waals surface area (Å²) in [6, 6.07) is 20.2. The standard InChI is InChI=1S/C20H23NO2S/c1-15-13-21(14-16(2)23-15)20(22)19(17-9-5-3-6-10-17)24-18-11-7-4-8-12-18/h3-12,15-16,19H,13-14H2,1-2H3/t15-,16+,19-/m1/s1. The van der Waals surface area contributed by atoms with Gasteiger partial charge in [-0.25, -0.2) is 0 Å². The molecule has 4 heteroatoms. The molecule has 0 saturated carbocycles. The summed E-state index contributed by atoms with van der Waals surface area (Å²) < 4.78 is 5.77. The molecule has 0 aliphatic carbocycles. The number of rotatable bonds is 4. The van der Waals surface area contributed by atoms with E-state index in [0.717, 1.165) is 10.5 Å². The molecule has 0 unspecified atom stereocenters. The highest BCUT2D eigenvalue weighted by Gasteiger charge is 2.32. The number of thioether (sulfide) groups is 1. The normalized spacial score (nSPS) is 22.2. The van der Waals surface area contributed by atoms with Gasteiger partial charge in [0.25, 0.3) is 0 Å². The first kappa shape index (κ1) is 17.1. The van der Waals surface area contributed by atoms with Crippen molar-refractivity contribution in [2.45, 2.75) is 36.2 Å². The van der Waals surface area contributed by atoms with Crippen molar-refractivity contribution >= 4 is 17.7 Å². The Balaban J connectivity index is 1.85. The second-order valence-electron chi connectivity index (χ2n) is 6.22. The van der Waals surface area contributed by atoms with Gasteiger partial charge in [0.1, 0.15) is 5.25 Å². The largest absolute Gasteiger partial charge is 0.372 e. The van der Waals surface area contributed by atoms with Gasteiger partial charge in [-0.1, -0.05) is 48.5 Å². The molecule has 1 heterocycles. The summed E-state index contributed by atoms with van der Waals surface area (Å²) in [4.78, 5) is 16.3. The van der Waals surface area contributed by atoms with E-state index in [1.54, 1.807) is 11.8 Å². The fourth-order valence-electron chi connectivity index (χ4n) is 3.05. The third kappa shape index (κ3) is 4.19. The number of carbonyl (C=O) groups is 1. The van der Waals surface area contributed by atoms with E-state index in [1.807, 2.05) is 67.3 Å². The SMILES string of the molecule is C[C@@H]1CN(C(=O)[C@H](Sc2ccccc2)c2ccccc2)C[C@H](C)O1. The van der Waals surface area contributed by atoms with Gasteiger partial charge < -0.3 is 9.64 Å². The van der Waals surface area contributed by atoms with Crippen LogP contribution in [0.4, 0.5) is 0 Å². The number of benzene rings is 2. The molecule has 126 valence electrons. The Morgan fingerprint density at radius 3 is 2.12 bits per heavy atom. The van der Waals surface area contributed by atoms with Crippen molar-refractivity contribution in [1.82, 2.24) is 4.90 Å². The zero-order valence-corrected chi connectivity index (χ0v) is 14.9. The van der Waals surface area contributed by atoms with Gasteiger partial charge in [0.15, 0.2) is 0 Å². The summed E-state index contributed by atoms with van der Waals surface area (Å²) in [5.74, 6) is 0.164. The minimum absolute atomic E-state index is 0.0795. The predicted octanol–water partition coefficient (Wildman–Crippen LogP) is 4.16. The maximum Gasteiger partial charge on any atom is 0.240 e. The zero-order valence-electron chi connectivity index (χ0n) is 14.1. The van der Waals surface area contributed by atoms with E-state index in [2.05, 4.69) is 12.1 Å². The van der Waals surface area contributed by atoms with Crippen molar-refractivity contribution in [1.29, 1.82) is 0 Å². The van der Waals surface area contributed by atoms with Gasteiger partial charge in [0, 0.05) is 18.0 Å². The number of morpholine rings is 1. The first-order chi connectivity index (χ1) is 11.6. The molecule has 24 heavy (non-hydrogen) atoms. The Hall–Kier alpha value is -1.78. The van der Waals surface area contributed by atoms with Crippen LogP contribution in [0, 0.1) is 0 Å². The fourth-order valence-corrected chi connectivity index (χ4v) is 4.18. The van der Waals surface area contributed by atoms with Crippen LogP contribution < -0.4 is 0 Å². The van der Waals surface area contributed by atoms with Gasteiger partial charge in [-0.2, -0.15) is 0 Å². The van der Waals surface area contributed by atoms with E-state index in [0.29, 0.717) is 13.1 Å². The number of hydrogen-bond donors (Lipinski definition) is 0. The Bertz CT molecular complexity index is 652. The van der Waals surface area contributed by atoms with Gasteiger partial charge in [0.05, 0.1) is 12.2 Å². The van der Waals surface area contributed by atoms with Crippen LogP contribution >= 0.6 is 11.8 Å². The Morgan fingerprint density at radius 2 is 1.54 bits per heavy atom. The average Bonchev–Trinajstić information content (AvgIpc) is 2.60. The van der Waals surface area contributed by atoms with Gasteiger partial charge in [0.2, 0.25) is 5.91 Å². The summed E-state index contributed by atoms with van der Waals surface area (Å²) in [5, 5.41) is -0.230. The first-order valence-electron chi connectivity index (χ1n) is 8.34. The quantitative estimate of drug-likeness (QED) is 0.782. The van der Waals surface area contributed by atoms with Crippen LogP contribution in [0.5, 0.6) is 0 Å². The summed E-state index contributed by atoms with van der Waals surface area (Å²) in [6.45, 7) is 5.36. The molecule has 3 nitrogen and oxygen atoms in total. The van der Waals surface area contributed by atoms with E-state index in [4.69, 9.17) is 4.74 Å². The molecule has 0 spiro atoms. The van der Waals surface area contributed by atoms with Crippen molar-refractivity contribution in [2.75, 3.05) is 13.1 Å². The molecular weight excluding hydrogens is 318 g/mol. The van der Waals surface area contributed by atoms with Crippen molar-refractivity contribution in [3.8, 4) is 0 Å². The number of carbonyl (C=O) groups excluding carboxylic acids is 1. The molecule has 0 radical (unpaired) electrons. The van der Waals surface area contributed by atoms with Crippen LogP contribution in [-0.2, 0) is 9.53 Å². The van der Waals surface area contributed by atoms with Crippen LogP contribution in [0.15, 0.2) is 65.6 Å². The minimum atomic E-state index is -0.230. The highest BCUT2D eigenvalue weighted by molar-refractivity contribution is 8.00. The molecule has 0 aromatic heterocycles. The second-order valence-corrected chi connectivity index (χ2v) is 7.40. The van der Waals surface area contributed by atoms with Crippen LogP contribution in [0.1, 0.15) is 24.7 Å². The lowest BCUT2D eigenvalue weighted by Crippen LogP contribution is -2.49. The van der Waals surface area contributed by atoms with Crippen LogP contribution in [0.3, 0.4) is 0 Å². The third-order valence-corrected chi connectivity index (χ3v) is 5.31. The molecule has 1 amide bonds. The maximum absolute atomic E-state index is 13.2. The molecule has 3 rings (SSSR count). The minimum Gasteiger partial charge on any atom is -0.372 e. The topological polar surface area (TPSA) is 29.5 Å². The van der Waals surface area contributed by atoms with Gasteiger partial charge in [-0.05, 0) is 31.5 Å². The van der Waals surface area contributed by atoms with E-state index < -0.39 is 0 Å². The Kier molecular flexibility index (Phi) is 5.59. The molecule has 1 fully saturated rings. The number of ether oxygens (including phenoxy) is 1. The smallest absolute Gasteiger partial charge is 0.240 e. The monoisotopic (exact) mass is 341 g/mol. The summed E-state index contributed by atoms with van der Waals surface area (Å²) in [6.07, 6.45) is 0.159. The molecule has 0 bridgehead atoms. The van der Waals surface area contributed by atoms with Gasteiger partial charge in [-0.3, -0.25) is 4.79 Å². The third-order valence-electron chi connectivity index (χ3n) is 4.06. The molecule has 3 atom stereocenters. The van der Waals surface area contributed by atoms with E-state index in [-0.39, 0.29) is 23.4 Å². The van der Waals surface area contributed by atoms with Crippen LogP contribution in [0.2, 0.25) is 0 Å². The molecular formula is C20H23NO2S. The van der Waals surface area contributed by atoms with E-state index >= 15 is 0 Å². The number of nitrogens with zero attached hydrogens (tertiary/aromatic N) is 1. The Morgan fingerprint density at radius 1 is 1.00 bits per heavy atom. The van der Waals surface area contributed by atoms with E-state index in [1.165, 1.54) is 0 Å². The van der Waals surface area contributed by atoms with Crippen molar-refractivity contribution < 1.29 is 9.53 Å². The average molecular weight is 341 g/mol. The van der Waals surface area contributed by atoms with Gasteiger partial charge in [-0.15, -0.1) is 11.8 Å². The zero-order chi connectivity index (χ0) is 16.9. The van der Waals surface area contributed by atoms with Crippen molar-refractivity contribution in [2.24, 2.45) is 0 Å². The van der Waals surface area contributed by atoms with Crippen LogP contribution in [0.25, 0.3) is 0 Å². The lowest BCUT2D eigenvalue weighted by molar-refractivity contribution is -0.142. The summed E-state index contributed by atoms with van der Waals surface area (Å²) >= 11 is 1.61. The summed E-state index contributed by atoms with van der Waals surface area (Å²) in [5.41, 5.74) is 1.04. The van der Waals surface area contributed by atoms with Crippen LogP contribution in [-0.4, -0.2) is 36.1 Å². The maximum atomic E-state index is 13.2. The molecule has 1 aliphatic rings. The highest BCUT2D eigenvalue weighted by Crippen LogP contribution is 2.37. The molecule has 2 aromatic rings. The van der Waals surface area contributed by atoms with Gasteiger partial charge >= 0.3 is 0 Å². The van der Waals surface area contributed by atoms with Crippen molar-refractivity contribution in [3.63, 3.8) is 0 Å². The molecule has 1 aliphatic heterocycles. The molecule has 0 N–H and O–H groups in total. The molecule has 1 saturated heterocycles. The van der Waals surface area contributed by atoms with Crippen molar-refractivity contribution in [3.05, 3.63) is 66.2 Å². The highest BCUT2D eigenvalue weighted by atomic mass is 32.2. The van der Waals surface area contributed by atoms with E-state index in [9.17, 15) is 4.79 Å². The molecule has 2 aromatic carbocycles. The lowest BCUT2D eigenvalue weighted by atomic mass is 10.1.